The van der Waals surface area contributed by atoms with Crippen molar-refractivity contribution >= 4 is 17.5 Å². The molecule has 9 nitrogen and oxygen atoms in total. The summed E-state index contributed by atoms with van der Waals surface area (Å²) in [6.07, 6.45) is 1.41. The van der Waals surface area contributed by atoms with Crippen molar-refractivity contribution in [3.63, 3.8) is 0 Å². The minimum atomic E-state index is -0.120. The highest BCUT2D eigenvalue weighted by atomic mass is 35.5. The molecule has 178 valence electrons. The zero-order valence-electron chi connectivity index (χ0n) is 18.9. The molecule has 5 rings (SSSR count). The molecule has 10 heteroatoms. The highest BCUT2D eigenvalue weighted by molar-refractivity contribution is 6.31. The molecule has 1 amide bonds. The number of nitrogens with zero attached hydrogens (tertiary/aromatic N) is 4. The summed E-state index contributed by atoms with van der Waals surface area (Å²) in [4.78, 5) is 14.8. The second-order valence-electron chi connectivity index (χ2n) is 8.24. The van der Waals surface area contributed by atoms with Crippen molar-refractivity contribution in [3.05, 3.63) is 64.2 Å². The van der Waals surface area contributed by atoms with Gasteiger partial charge in [-0.2, -0.15) is 0 Å². The quantitative estimate of drug-likeness (QED) is 0.552. The molecule has 2 aromatic carbocycles. The Balaban J connectivity index is 1.16. The summed E-state index contributed by atoms with van der Waals surface area (Å²) in [6.45, 7) is 3.93. The first-order chi connectivity index (χ1) is 16.6. The average molecular weight is 484 g/mol. The molecule has 0 fully saturated rings. The number of amides is 1. The molecule has 0 unspecified atom stereocenters. The van der Waals surface area contributed by atoms with Crippen molar-refractivity contribution in [3.8, 4) is 17.2 Å². The Labute approximate surface area is 202 Å². The Morgan fingerprint density at radius 2 is 1.91 bits per heavy atom. The largest absolute Gasteiger partial charge is 0.497 e. The van der Waals surface area contributed by atoms with Crippen LogP contribution in [0.5, 0.6) is 17.2 Å². The fourth-order valence-electron chi connectivity index (χ4n) is 4.22. The summed E-state index contributed by atoms with van der Waals surface area (Å²) in [6, 6.07) is 10.8. The monoisotopic (exact) mass is 483 g/mol. The predicted octanol–water partition coefficient (Wildman–Crippen LogP) is 2.70. The van der Waals surface area contributed by atoms with E-state index in [9.17, 15) is 4.79 Å². The maximum atomic E-state index is 12.4. The number of aromatic nitrogens is 3. The van der Waals surface area contributed by atoms with Crippen molar-refractivity contribution < 1.29 is 19.0 Å². The van der Waals surface area contributed by atoms with Gasteiger partial charge in [0.1, 0.15) is 17.4 Å². The van der Waals surface area contributed by atoms with Crippen molar-refractivity contribution in [1.29, 1.82) is 0 Å². The van der Waals surface area contributed by atoms with Gasteiger partial charge in [0, 0.05) is 62.2 Å². The summed E-state index contributed by atoms with van der Waals surface area (Å²) >= 11 is 6.47. The van der Waals surface area contributed by atoms with E-state index in [0.717, 1.165) is 61.3 Å². The summed E-state index contributed by atoms with van der Waals surface area (Å²) in [7, 11) is 1.60. The van der Waals surface area contributed by atoms with E-state index < -0.39 is 0 Å². The Bertz CT molecular complexity index is 1180. The van der Waals surface area contributed by atoms with Crippen LogP contribution in [0.15, 0.2) is 36.4 Å². The van der Waals surface area contributed by atoms with Gasteiger partial charge in [0.15, 0.2) is 11.5 Å². The second-order valence-corrected chi connectivity index (χ2v) is 8.65. The Morgan fingerprint density at radius 1 is 1.12 bits per heavy atom. The molecule has 34 heavy (non-hydrogen) atoms. The molecule has 2 aliphatic rings. The number of rotatable bonds is 7. The van der Waals surface area contributed by atoms with E-state index in [1.165, 1.54) is 0 Å². The minimum Gasteiger partial charge on any atom is -0.497 e. The van der Waals surface area contributed by atoms with Gasteiger partial charge in [-0.05, 0) is 35.9 Å². The van der Waals surface area contributed by atoms with Gasteiger partial charge in [-0.3, -0.25) is 9.69 Å². The van der Waals surface area contributed by atoms with Gasteiger partial charge >= 0.3 is 0 Å². The van der Waals surface area contributed by atoms with Crippen LogP contribution in [0, 0.1) is 0 Å². The van der Waals surface area contributed by atoms with Gasteiger partial charge in [0.2, 0.25) is 6.79 Å². The van der Waals surface area contributed by atoms with E-state index >= 15 is 0 Å². The molecule has 0 radical (unpaired) electrons. The minimum absolute atomic E-state index is 0.120. The van der Waals surface area contributed by atoms with E-state index in [0.29, 0.717) is 29.3 Å². The van der Waals surface area contributed by atoms with Crippen molar-refractivity contribution in [2.75, 3.05) is 33.5 Å². The van der Waals surface area contributed by atoms with E-state index in [2.05, 4.69) is 25.0 Å². The first-order valence-corrected chi connectivity index (χ1v) is 11.6. The Kier molecular flexibility index (Phi) is 6.55. The maximum absolute atomic E-state index is 12.4. The lowest BCUT2D eigenvalue weighted by molar-refractivity contribution is 0.0954. The number of methoxy groups -OCH3 is 1. The number of fused-ring (bicyclic) bond motifs is 2. The molecular weight excluding hydrogens is 458 g/mol. The van der Waals surface area contributed by atoms with E-state index in [1.54, 1.807) is 31.4 Å². The first-order valence-electron chi connectivity index (χ1n) is 11.2. The first kappa shape index (κ1) is 22.5. The van der Waals surface area contributed by atoms with E-state index in [4.69, 9.17) is 25.8 Å². The lowest BCUT2D eigenvalue weighted by Crippen LogP contribution is -2.28. The van der Waals surface area contributed by atoms with Gasteiger partial charge in [-0.15, -0.1) is 10.2 Å². The molecular formula is C24H26ClN5O4. The van der Waals surface area contributed by atoms with Crippen LogP contribution in [0.4, 0.5) is 0 Å². The van der Waals surface area contributed by atoms with Crippen LogP contribution in [0.25, 0.3) is 0 Å². The third-order valence-corrected chi connectivity index (χ3v) is 6.47. The molecule has 0 atom stereocenters. The molecule has 0 bridgehead atoms. The highest BCUT2D eigenvalue weighted by Gasteiger charge is 2.21. The zero-order valence-corrected chi connectivity index (χ0v) is 19.7. The highest BCUT2D eigenvalue weighted by Crippen LogP contribution is 2.37. The molecule has 1 aromatic heterocycles. The lowest BCUT2D eigenvalue weighted by atomic mass is 10.2. The lowest BCUT2D eigenvalue weighted by Gasteiger charge is -2.20. The third-order valence-electron chi connectivity index (χ3n) is 6.12. The molecule has 0 saturated heterocycles. The van der Waals surface area contributed by atoms with Crippen LogP contribution < -0.4 is 19.5 Å². The van der Waals surface area contributed by atoms with Crippen LogP contribution in [-0.2, 0) is 25.9 Å². The van der Waals surface area contributed by atoms with Crippen LogP contribution in [0.1, 0.15) is 27.6 Å². The number of benzene rings is 2. The van der Waals surface area contributed by atoms with E-state index in [1.807, 2.05) is 12.1 Å². The summed E-state index contributed by atoms with van der Waals surface area (Å²) in [5.74, 6) is 3.89. The molecule has 0 aliphatic carbocycles. The number of carbonyl (C=O) groups is 1. The normalized spacial score (nSPS) is 15.0. The predicted molar refractivity (Wildman–Crippen MR) is 126 cm³/mol. The van der Waals surface area contributed by atoms with Gasteiger partial charge in [-0.25, -0.2) is 0 Å². The standard InChI is InChI=1S/C24H26ClN5O4/c1-32-18-4-2-16(3-5-18)24(31)26-8-6-22-27-28-23-7-9-29(10-11-30(22)23)14-17-12-20-21(13-19(17)25)34-15-33-20/h2-5,12-13H,6-11,14-15H2,1H3,(H,26,31). The molecule has 3 aromatic rings. The molecule has 0 saturated carbocycles. The number of carbonyl (C=O) groups excluding carboxylic acids is 1. The topological polar surface area (TPSA) is 90.7 Å². The fraction of sp³-hybridized carbons (Fsp3) is 0.375. The average Bonchev–Trinajstić information content (AvgIpc) is 3.41. The summed E-state index contributed by atoms with van der Waals surface area (Å²) < 4.78 is 18.2. The Hall–Kier alpha value is -3.30. The van der Waals surface area contributed by atoms with Gasteiger partial charge in [0.25, 0.3) is 5.91 Å². The zero-order chi connectivity index (χ0) is 23.5. The van der Waals surface area contributed by atoms with Crippen LogP contribution in [0.2, 0.25) is 5.02 Å². The number of hydrogen-bond acceptors (Lipinski definition) is 7. The van der Waals surface area contributed by atoms with Crippen LogP contribution >= 0.6 is 11.6 Å². The summed E-state index contributed by atoms with van der Waals surface area (Å²) in [5, 5.41) is 12.4. The smallest absolute Gasteiger partial charge is 0.251 e. The SMILES string of the molecule is COc1ccc(C(=O)NCCc2nnc3n2CCN(Cc2cc4c(cc2Cl)OCO4)CC3)cc1. The second kappa shape index (κ2) is 9.90. The van der Waals surface area contributed by atoms with Crippen molar-refractivity contribution in [2.24, 2.45) is 0 Å². The molecule has 2 aliphatic heterocycles. The van der Waals surface area contributed by atoms with Crippen LogP contribution in [-0.4, -0.2) is 59.1 Å². The number of hydrogen-bond donors (Lipinski definition) is 1. The number of nitrogens with one attached hydrogen (secondary N) is 1. The molecule has 0 spiro atoms. The summed E-state index contributed by atoms with van der Waals surface area (Å²) in [5.41, 5.74) is 1.61. The van der Waals surface area contributed by atoms with Crippen molar-refractivity contribution in [1.82, 2.24) is 25.0 Å². The maximum Gasteiger partial charge on any atom is 0.251 e. The molecule has 3 heterocycles. The van der Waals surface area contributed by atoms with Gasteiger partial charge in [0.05, 0.1) is 7.11 Å². The third kappa shape index (κ3) is 4.80. The van der Waals surface area contributed by atoms with Crippen molar-refractivity contribution in [2.45, 2.75) is 25.9 Å². The van der Waals surface area contributed by atoms with Gasteiger partial charge in [-0.1, -0.05) is 11.6 Å². The van der Waals surface area contributed by atoms with Crippen LogP contribution in [0.3, 0.4) is 0 Å². The number of ether oxygens (including phenoxy) is 3. The Morgan fingerprint density at radius 3 is 2.71 bits per heavy atom. The van der Waals surface area contributed by atoms with E-state index in [-0.39, 0.29) is 12.7 Å². The van der Waals surface area contributed by atoms with Gasteiger partial charge < -0.3 is 24.1 Å². The molecule has 1 N–H and O–H groups in total. The fourth-order valence-corrected chi connectivity index (χ4v) is 4.44. The number of halogens is 1.